The number of hydrogen-bond donors (Lipinski definition) is 0. The zero-order valence-corrected chi connectivity index (χ0v) is 15.7. The quantitative estimate of drug-likeness (QED) is 0.404. The van der Waals surface area contributed by atoms with E-state index in [9.17, 15) is 4.79 Å². The highest BCUT2D eigenvalue weighted by atomic mass is 35.5. The zero-order valence-electron chi connectivity index (χ0n) is 14.9. The van der Waals surface area contributed by atoms with E-state index in [4.69, 9.17) is 16.3 Å². The molecule has 4 bridgehead atoms. The maximum absolute atomic E-state index is 13.1. The Balaban J connectivity index is 1.55. The first-order valence-electron chi connectivity index (χ1n) is 9.30. The Morgan fingerprint density at radius 1 is 1.21 bits per heavy atom. The molecule has 0 N–H and O–H groups in total. The molecule has 0 aliphatic heterocycles. The van der Waals surface area contributed by atoms with Crippen molar-refractivity contribution in [1.82, 2.24) is 0 Å². The highest BCUT2D eigenvalue weighted by Gasteiger charge is 2.60. The smallest absolute Gasteiger partial charge is 0.317 e. The lowest BCUT2D eigenvalue weighted by molar-refractivity contribution is -0.160. The highest BCUT2D eigenvalue weighted by Crippen LogP contribution is 2.64. The first-order valence-corrected chi connectivity index (χ1v) is 9.68. The largest absolute Gasteiger partial charge is 0.426 e. The van der Waals surface area contributed by atoms with Crippen molar-refractivity contribution in [3.63, 3.8) is 0 Å². The summed E-state index contributed by atoms with van der Waals surface area (Å²) >= 11 is 6.84. The van der Waals surface area contributed by atoms with E-state index in [2.05, 4.69) is 26.8 Å². The van der Waals surface area contributed by atoms with E-state index in [1.54, 1.807) is 0 Å². The van der Waals surface area contributed by atoms with Crippen molar-refractivity contribution in [2.24, 2.45) is 17.3 Å². The highest BCUT2D eigenvalue weighted by molar-refractivity contribution is 6.24. The van der Waals surface area contributed by atoms with Crippen LogP contribution in [0.4, 0.5) is 0 Å². The first-order chi connectivity index (χ1) is 11.3. The van der Waals surface area contributed by atoms with Gasteiger partial charge in [0, 0.05) is 4.87 Å². The van der Waals surface area contributed by atoms with Gasteiger partial charge in [-0.3, -0.25) is 4.79 Å². The molecule has 0 saturated heterocycles. The summed E-state index contributed by atoms with van der Waals surface area (Å²) in [4.78, 5) is 12.9. The zero-order chi connectivity index (χ0) is 17.1. The van der Waals surface area contributed by atoms with Crippen molar-refractivity contribution in [2.75, 3.05) is 0 Å². The van der Waals surface area contributed by atoms with Crippen molar-refractivity contribution < 1.29 is 9.53 Å². The van der Waals surface area contributed by atoms with Crippen LogP contribution in [-0.4, -0.2) is 10.8 Å². The van der Waals surface area contributed by atoms with Crippen molar-refractivity contribution >= 4 is 17.6 Å². The van der Waals surface area contributed by atoms with E-state index < -0.39 is 0 Å². The second kappa shape index (κ2) is 5.49. The minimum Gasteiger partial charge on any atom is -0.426 e. The number of ether oxygens (including phenoxy) is 1. The monoisotopic (exact) mass is 346 g/mol. The van der Waals surface area contributed by atoms with Crippen LogP contribution in [0.15, 0.2) is 18.2 Å². The lowest BCUT2D eigenvalue weighted by Gasteiger charge is -2.58. The number of carbonyl (C=O) groups is 1. The van der Waals surface area contributed by atoms with E-state index in [-0.39, 0.29) is 16.3 Å². The molecule has 1 aromatic carbocycles. The molecule has 5 rings (SSSR count). The third-order valence-corrected chi connectivity index (χ3v) is 6.94. The van der Waals surface area contributed by atoms with E-state index in [1.165, 1.54) is 17.5 Å². The molecule has 3 heteroatoms. The Morgan fingerprint density at radius 3 is 2.42 bits per heavy atom. The Kier molecular flexibility index (Phi) is 3.76. The average Bonchev–Trinajstić information content (AvgIpc) is 2.44. The molecular formula is C21H27ClO2. The lowest BCUT2D eigenvalue weighted by Crippen LogP contribution is -2.56. The van der Waals surface area contributed by atoms with Crippen LogP contribution in [0.2, 0.25) is 0 Å². The third-order valence-electron chi connectivity index (χ3n) is 6.50. The summed E-state index contributed by atoms with van der Waals surface area (Å²) in [6, 6.07) is 6.03. The van der Waals surface area contributed by atoms with Crippen molar-refractivity contribution in [2.45, 2.75) is 70.1 Å². The molecule has 4 fully saturated rings. The number of rotatable bonds is 3. The van der Waals surface area contributed by atoms with Crippen LogP contribution in [0.3, 0.4) is 0 Å². The molecule has 0 amide bonds. The van der Waals surface area contributed by atoms with Crippen molar-refractivity contribution in [3.8, 4) is 5.75 Å². The predicted molar refractivity (Wildman–Crippen MR) is 96.6 cm³/mol. The summed E-state index contributed by atoms with van der Waals surface area (Å²) in [5.41, 5.74) is 2.16. The summed E-state index contributed by atoms with van der Waals surface area (Å²) in [6.45, 7) is 6.46. The van der Waals surface area contributed by atoms with Gasteiger partial charge in [-0.15, -0.1) is 11.6 Å². The molecule has 0 aromatic heterocycles. The molecule has 24 heavy (non-hydrogen) atoms. The molecule has 4 atom stereocenters. The Hall–Kier alpha value is -1.02. The SMILES string of the molecule is Cc1cc(OC(=O)C23C[C@@H]4C[C@@H](CC(Cl)(C4)C2)C3)ccc1C(C)C. The van der Waals surface area contributed by atoms with Crippen LogP contribution in [0, 0.1) is 24.2 Å². The van der Waals surface area contributed by atoms with Gasteiger partial charge in [0.1, 0.15) is 5.75 Å². The second-order valence-corrected chi connectivity index (χ2v) is 9.76. The Labute approximate surface area is 149 Å². The van der Waals surface area contributed by atoms with Gasteiger partial charge in [0.25, 0.3) is 0 Å². The Bertz CT molecular complexity index is 664. The molecule has 4 saturated carbocycles. The number of aryl methyl sites for hydroxylation is 1. The van der Waals surface area contributed by atoms with Crippen LogP contribution in [0.5, 0.6) is 5.75 Å². The van der Waals surface area contributed by atoms with Crippen molar-refractivity contribution in [3.05, 3.63) is 29.3 Å². The number of halogens is 1. The van der Waals surface area contributed by atoms with Gasteiger partial charge < -0.3 is 4.74 Å². The molecule has 4 aliphatic carbocycles. The standard InChI is InChI=1S/C21H27ClO2/c1-13(2)18-5-4-17(6-14(18)3)24-19(23)20-8-15-7-16(9-20)11-21(22,10-15)12-20/h4-6,13,15-16H,7-12H2,1-3H3/t15-,16+,20?,21?. The fourth-order valence-electron chi connectivity index (χ4n) is 5.96. The topological polar surface area (TPSA) is 26.3 Å². The summed E-state index contributed by atoms with van der Waals surface area (Å²) in [6.07, 6.45) is 6.17. The average molecular weight is 347 g/mol. The van der Waals surface area contributed by atoms with Gasteiger partial charge in [0.2, 0.25) is 0 Å². The van der Waals surface area contributed by atoms with Gasteiger partial charge in [0.15, 0.2) is 0 Å². The summed E-state index contributed by atoms with van der Waals surface area (Å²) in [5.74, 6) is 2.34. The van der Waals surface area contributed by atoms with Crippen LogP contribution in [0.1, 0.15) is 69.4 Å². The van der Waals surface area contributed by atoms with Crippen molar-refractivity contribution in [1.29, 1.82) is 0 Å². The molecule has 2 unspecified atom stereocenters. The maximum Gasteiger partial charge on any atom is 0.317 e. The number of alkyl halides is 1. The van der Waals surface area contributed by atoms with Gasteiger partial charge in [0.05, 0.1) is 5.41 Å². The van der Waals surface area contributed by atoms with E-state index in [0.29, 0.717) is 23.5 Å². The molecule has 0 spiro atoms. The van der Waals surface area contributed by atoms with E-state index in [0.717, 1.165) is 32.1 Å². The van der Waals surface area contributed by atoms with Gasteiger partial charge in [-0.05, 0) is 86.5 Å². The van der Waals surface area contributed by atoms with Gasteiger partial charge in [-0.25, -0.2) is 0 Å². The maximum atomic E-state index is 13.1. The normalized spacial score (nSPS) is 37.0. The third kappa shape index (κ3) is 2.67. The first kappa shape index (κ1) is 16.4. The Morgan fingerprint density at radius 2 is 1.88 bits per heavy atom. The molecule has 1 aromatic rings. The summed E-state index contributed by atoms with van der Waals surface area (Å²) < 4.78 is 5.86. The minimum absolute atomic E-state index is 0.0432. The van der Waals surface area contributed by atoms with Crippen LogP contribution in [0.25, 0.3) is 0 Å². The predicted octanol–water partition coefficient (Wildman–Crippen LogP) is 5.60. The molecule has 0 radical (unpaired) electrons. The number of carbonyl (C=O) groups excluding carboxylic acids is 1. The van der Waals surface area contributed by atoms with E-state index >= 15 is 0 Å². The number of esters is 1. The number of benzene rings is 1. The van der Waals surface area contributed by atoms with Gasteiger partial charge >= 0.3 is 5.97 Å². The molecule has 0 heterocycles. The number of hydrogen-bond acceptors (Lipinski definition) is 2. The fraction of sp³-hybridized carbons (Fsp3) is 0.667. The van der Waals surface area contributed by atoms with E-state index in [1.807, 2.05) is 12.1 Å². The minimum atomic E-state index is -0.337. The molecule has 2 nitrogen and oxygen atoms in total. The summed E-state index contributed by atoms with van der Waals surface area (Å²) in [7, 11) is 0. The van der Waals surface area contributed by atoms with Crippen LogP contribution in [-0.2, 0) is 4.79 Å². The van der Waals surface area contributed by atoms with Gasteiger partial charge in [-0.1, -0.05) is 19.9 Å². The molecule has 130 valence electrons. The lowest BCUT2D eigenvalue weighted by atomic mass is 9.49. The molecular weight excluding hydrogens is 320 g/mol. The second-order valence-electron chi connectivity index (χ2n) is 8.95. The van der Waals surface area contributed by atoms with Crippen LogP contribution < -0.4 is 4.74 Å². The molecule has 4 aliphatic rings. The fourth-order valence-corrected chi connectivity index (χ4v) is 6.66. The van der Waals surface area contributed by atoms with Crippen LogP contribution >= 0.6 is 11.6 Å². The summed E-state index contributed by atoms with van der Waals surface area (Å²) in [5, 5.41) is 0. The van der Waals surface area contributed by atoms with Gasteiger partial charge in [-0.2, -0.15) is 0 Å².